The van der Waals surface area contributed by atoms with Crippen LogP contribution in [0.25, 0.3) is 0 Å². The van der Waals surface area contributed by atoms with Crippen LogP contribution >= 0.6 is 0 Å². The van der Waals surface area contributed by atoms with Crippen molar-refractivity contribution in [3.8, 4) is 0 Å². The molecule has 0 bridgehead atoms. The van der Waals surface area contributed by atoms with Gasteiger partial charge < -0.3 is 19.1 Å². The molecule has 0 saturated carbocycles. The predicted molar refractivity (Wildman–Crippen MR) is 282 cm³/mol. The third kappa shape index (κ3) is 50.3. The second-order valence-corrected chi connectivity index (χ2v) is 18.5. The zero-order valence-electron chi connectivity index (χ0n) is 43.5. The standard InChI is InChI=1S/C59H102O8/c1-4-7-10-13-16-19-22-25-27-29-32-35-38-41-44-50-57(60)64-53-56(66-59(62)52-45-42-39-36-33-30-28-26-23-20-17-14-11-8-5-2)54-65-58(61)51-47-46-49-55(67-63)48-43-40-37-34-31-24-21-18-15-12-9-6-3/h25-28,40,43,46-49,51,56,63H,4-24,29-39,41-42,44-45,50,52-54H2,1-3H3/b27-25-,28-26-,43-40?,49-46?,51-47?,55-48?. The molecule has 0 fully saturated rings. The number of hydrogen-bond donors (Lipinski definition) is 1. The molecular weight excluding hydrogens is 837 g/mol. The van der Waals surface area contributed by atoms with Crippen molar-refractivity contribution in [3.05, 3.63) is 72.6 Å². The van der Waals surface area contributed by atoms with Gasteiger partial charge in [-0.1, -0.05) is 223 Å². The van der Waals surface area contributed by atoms with Gasteiger partial charge in [0.25, 0.3) is 0 Å². The first-order valence-corrected chi connectivity index (χ1v) is 27.8. The largest absolute Gasteiger partial charge is 0.462 e. The minimum atomic E-state index is -0.902. The van der Waals surface area contributed by atoms with Crippen LogP contribution in [0.2, 0.25) is 0 Å². The fraction of sp³-hybridized carbons (Fsp3) is 0.746. The van der Waals surface area contributed by atoms with Crippen molar-refractivity contribution >= 4 is 17.9 Å². The summed E-state index contributed by atoms with van der Waals surface area (Å²) >= 11 is 0. The number of hydrogen-bond acceptors (Lipinski definition) is 8. The van der Waals surface area contributed by atoms with Crippen LogP contribution in [0.5, 0.6) is 0 Å². The molecule has 0 rings (SSSR count). The highest BCUT2D eigenvalue weighted by molar-refractivity contribution is 5.82. The van der Waals surface area contributed by atoms with Crippen LogP contribution in [0.4, 0.5) is 0 Å². The minimum Gasteiger partial charge on any atom is -0.462 e. The Morgan fingerprint density at radius 2 is 0.761 bits per heavy atom. The summed E-state index contributed by atoms with van der Waals surface area (Å²) in [5.41, 5.74) is 0. The number of unbranched alkanes of at least 4 members (excludes halogenated alkanes) is 31. The van der Waals surface area contributed by atoms with Crippen LogP contribution < -0.4 is 0 Å². The number of rotatable bonds is 50. The molecule has 0 aromatic carbocycles. The molecule has 67 heavy (non-hydrogen) atoms. The van der Waals surface area contributed by atoms with Crippen molar-refractivity contribution in [2.75, 3.05) is 13.2 Å². The average Bonchev–Trinajstić information content (AvgIpc) is 3.33. The average molecular weight is 939 g/mol. The molecule has 1 N–H and O–H groups in total. The highest BCUT2D eigenvalue weighted by Gasteiger charge is 2.19. The Bertz CT molecular complexity index is 1290. The zero-order chi connectivity index (χ0) is 48.8. The Kier molecular flexibility index (Phi) is 50.9. The highest BCUT2D eigenvalue weighted by atomic mass is 17.1. The first-order chi connectivity index (χ1) is 33.0. The van der Waals surface area contributed by atoms with Crippen molar-refractivity contribution in [1.29, 1.82) is 0 Å². The van der Waals surface area contributed by atoms with E-state index in [-0.39, 0.29) is 31.4 Å². The third-order valence-corrected chi connectivity index (χ3v) is 12.0. The number of esters is 3. The van der Waals surface area contributed by atoms with Gasteiger partial charge in [0.15, 0.2) is 11.9 Å². The summed E-state index contributed by atoms with van der Waals surface area (Å²) in [5.74, 6) is -1.15. The molecule has 8 nitrogen and oxygen atoms in total. The lowest BCUT2D eigenvalue weighted by Gasteiger charge is -2.18. The maximum Gasteiger partial charge on any atom is 0.330 e. The van der Waals surface area contributed by atoms with E-state index in [1.54, 1.807) is 12.2 Å². The van der Waals surface area contributed by atoms with E-state index in [0.717, 1.165) is 83.5 Å². The highest BCUT2D eigenvalue weighted by Crippen LogP contribution is 2.14. The molecule has 1 unspecified atom stereocenters. The Hall–Kier alpha value is -3.39. The number of allylic oxidation sites excluding steroid dienone is 10. The van der Waals surface area contributed by atoms with Crippen molar-refractivity contribution in [3.63, 3.8) is 0 Å². The molecule has 0 aliphatic heterocycles. The summed E-state index contributed by atoms with van der Waals surface area (Å²) in [5, 5.41) is 9.28. The molecule has 0 aliphatic carbocycles. The van der Waals surface area contributed by atoms with Crippen molar-refractivity contribution in [2.45, 2.75) is 271 Å². The number of ether oxygens (including phenoxy) is 3. The maximum absolute atomic E-state index is 12.8. The quantitative estimate of drug-likeness (QED) is 0.00739. The number of carbonyl (C=O) groups excluding carboxylic acids is 3. The van der Waals surface area contributed by atoms with E-state index >= 15 is 0 Å². The topological polar surface area (TPSA) is 108 Å². The van der Waals surface area contributed by atoms with E-state index < -0.39 is 18.0 Å². The molecule has 386 valence electrons. The molecule has 1 atom stereocenters. The predicted octanol–water partition coefficient (Wildman–Crippen LogP) is 18.0. The summed E-state index contributed by atoms with van der Waals surface area (Å²) in [6.07, 6.45) is 63.5. The first kappa shape index (κ1) is 63.6. The fourth-order valence-corrected chi connectivity index (χ4v) is 7.76. The summed E-state index contributed by atoms with van der Waals surface area (Å²) in [6, 6.07) is 0. The normalized spacial score (nSPS) is 12.7. The van der Waals surface area contributed by atoms with Gasteiger partial charge in [-0.05, 0) is 89.2 Å². The van der Waals surface area contributed by atoms with Gasteiger partial charge in [-0.2, -0.15) is 0 Å². The Morgan fingerprint density at radius 1 is 0.403 bits per heavy atom. The van der Waals surface area contributed by atoms with Crippen molar-refractivity contribution in [2.24, 2.45) is 0 Å². The van der Waals surface area contributed by atoms with Gasteiger partial charge in [-0.3, -0.25) is 9.59 Å². The van der Waals surface area contributed by atoms with E-state index in [9.17, 15) is 19.6 Å². The van der Waals surface area contributed by atoms with Crippen molar-refractivity contribution in [1.82, 2.24) is 0 Å². The second-order valence-electron chi connectivity index (χ2n) is 18.5. The van der Waals surface area contributed by atoms with Crippen LogP contribution in [-0.4, -0.2) is 42.5 Å². The van der Waals surface area contributed by atoms with E-state index in [1.165, 1.54) is 159 Å². The molecule has 0 amide bonds. The molecule has 8 heteroatoms. The Labute approximate surface area is 411 Å². The summed E-state index contributed by atoms with van der Waals surface area (Å²) in [6.45, 7) is 6.34. The van der Waals surface area contributed by atoms with Crippen LogP contribution in [0.3, 0.4) is 0 Å². The fourth-order valence-electron chi connectivity index (χ4n) is 7.76. The van der Waals surface area contributed by atoms with E-state index in [4.69, 9.17) is 14.2 Å². The van der Waals surface area contributed by atoms with Gasteiger partial charge >= 0.3 is 17.9 Å². The van der Waals surface area contributed by atoms with Crippen LogP contribution in [-0.2, 0) is 33.5 Å². The van der Waals surface area contributed by atoms with Crippen LogP contribution in [0, 0.1) is 0 Å². The van der Waals surface area contributed by atoms with E-state index in [1.807, 2.05) is 6.08 Å². The van der Waals surface area contributed by atoms with Gasteiger partial charge in [0, 0.05) is 18.9 Å². The molecular formula is C59H102O8. The lowest BCUT2D eigenvalue weighted by atomic mass is 10.1. The van der Waals surface area contributed by atoms with Gasteiger partial charge in [-0.15, -0.1) is 0 Å². The monoisotopic (exact) mass is 939 g/mol. The molecule has 0 aliphatic rings. The van der Waals surface area contributed by atoms with Gasteiger partial charge in [0.2, 0.25) is 0 Å². The Morgan fingerprint density at radius 3 is 1.19 bits per heavy atom. The third-order valence-electron chi connectivity index (χ3n) is 12.0. The zero-order valence-corrected chi connectivity index (χ0v) is 43.5. The minimum absolute atomic E-state index is 0.173. The van der Waals surface area contributed by atoms with Gasteiger partial charge in [0.05, 0.1) is 0 Å². The molecule has 0 aromatic rings. The van der Waals surface area contributed by atoms with Crippen LogP contribution in [0.15, 0.2) is 72.6 Å². The summed E-state index contributed by atoms with van der Waals surface area (Å²) in [7, 11) is 0. The molecule has 0 aromatic heterocycles. The van der Waals surface area contributed by atoms with E-state index in [2.05, 4.69) is 56.0 Å². The van der Waals surface area contributed by atoms with Gasteiger partial charge in [0.1, 0.15) is 13.2 Å². The number of carbonyl (C=O) groups is 3. The summed E-state index contributed by atoms with van der Waals surface area (Å²) < 4.78 is 16.6. The molecule has 0 radical (unpaired) electrons. The lowest BCUT2D eigenvalue weighted by molar-refractivity contribution is -0.198. The van der Waals surface area contributed by atoms with Gasteiger partial charge in [-0.25, -0.2) is 10.1 Å². The van der Waals surface area contributed by atoms with Crippen molar-refractivity contribution < 1.29 is 38.7 Å². The SMILES string of the molecule is CCCCCCCC/C=C\CCCCCCCC(=O)OCC(COC(=O)C=CC=CC(=CC=CCCCCCCCCCCC)OO)OC(=O)CCCCCCC/C=C\CCCCCCCC. The maximum atomic E-state index is 12.8. The molecule has 0 spiro atoms. The molecule has 0 heterocycles. The van der Waals surface area contributed by atoms with E-state index in [0.29, 0.717) is 12.8 Å². The Balaban J connectivity index is 4.72. The second kappa shape index (κ2) is 53.6. The van der Waals surface area contributed by atoms with Crippen LogP contribution in [0.1, 0.15) is 265 Å². The smallest absolute Gasteiger partial charge is 0.330 e. The first-order valence-electron chi connectivity index (χ1n) is 27.8. The molecule has 0 saturated heterocycles. The lowest BCUT2D eigenvalue weighted by Crippen LogP contribution is -2.30. The summed E-state index contributed by atoms with van der Waals surface area (Å²) in [4.78, 5) is 42.5.